The number of nitrogens with one attached hydrogen (secondary N) is 1. The molecule has 5 heteroatoms. The Hall–Kier alpha value is -3.99. The van der Waals surface area contributed by atoms with Crippen LogP contribution in [0.25, 0.3) is 27.6 Å². The lowest BCUT2D eigenvalue weighted by atomic mass is 9.94. The number of para-hydroxylation sites is 2. The molecule has 0 atom stereocenters. The lowest BCUT2D eigenvalue weighted by Crippen LogP contribution is -2.19. The third kappa shape index (κ3) is 4.22. The van der Waals surface area contributed by atoms with E-state index in [-0.39, 0.29) is 0 Å². The lowest BCUT2D eigenvalue weighted by Gasteiger charge is -2.17. The van der Waals surface area contributed by atoms with Gasteiger partial charge in [0, 0.05) is 34.5 Å². The van der Waals surface area contributed by atoms with Gasteiger partial charge in [0.15, 0.2) is 0 Å². The van der Waals surface area contributed by atoms with E-state index in [9.17, 15) is 9.59 Å². The standard InChI is InChI=1S/C28H24N2O3/c31-25-18-26(19-10-2-3-11-20(19)28(25)32)33-17-9-1-8-16-29-27-21-12-4-6-14-23(21)30-24-15-7-5-13-22(24)27/h2-7,10-15,18H,1,8-9,16-17H2,(H,29,30). The first-order chi connectivity index (χ1) is 16.2. The average Bonchev–Trinajstić information content (AvgIpc) is 2.85. The van der Waals surface area contributed by atoms with Gasteiger partial charge < -0.3 is 10.1 Å². The summed E-state index contributed by atoms with van der Waals surface area (Å²) in [4.78, 5) is 28.7. The van der Waals surface area contributed by atoms with Gasteiger partial charge in [0.25, 0.3) is 0 Å². The Morgan fingerprint density at radius 1 is 0.727 bits per heavy atom. The molecule has 33 heavy (non-hydrogen) atoms. The molecule has 0 radical (unpaired) electrons. The number of unbranched alkanes of at least 4 members (excludes halogenated alkanes) is 2. The molecule has 0 unspecified atom stereocenters. The molecule has 0 amide bonds. The molecule has 0 saturated heterocycles. The summed E-state index contributed by atoms with van der Waals surface area (Å²) in [7, 11) is 0. The number of ketones is 2. The number of anilines is 1. The smallest absolute Gasteiger partial charge is 0.233 e. The largest absolute Gasteiger partial charge is 0.493 e. The summed E-state index contributed by atoms with van der Waals surface area (Å²) in [6, 6.07) is 23.5. The van der Waals surface area contributed by atoms with Crippen LogP contribution >= 0.6 is 0 Å². The number of carbonyl (C=O) groups excluding carboxylic acids is 2. The molecule has 1 N–H and O–H groups in total. The lowest BCUT2D eigenvalue weighted by molar-refractivity contribution is -0.111. The SMILES string of the molecule is O=C1C=C(OCCCCCNc2c3ccccc3nc3ccccc23)c2ccccc2C1=O. The second kappa shape index (κ2) is 9.25. The number of hydrogen-bond donors (Lipinski definition) is 1. The van der Waals surface area contributed by atoms with E-state index in [2.05, 4.69) is 17.4 Å². The average molecular weight is 437 g/mol. The monoisotopic (exact) mass is 436 g/mol. The highest BCUT2D eigenvalue weighted by atomic mass is 16.5. The summed E-state index contributed by atoms with van der Waals surface area (Å²) in [6.45, 7) is 1.35. The van der Waals surface area contributed by atoms with E-state index in [1.54, 1.807) is 12.1 Å². The second-order valence-corrected chi connectivity index (χ2v) is 8.10. The van der Waals surface area contributed by atoms with Crippen LogP contribution in [0.1, 0.15) is 35.2 Å². The minimum Gasteiger partial charge on any atom is -0.493 e. The first-order valence-corrected chi connectivity index (χ1v) is 11.3. The van der Waals surface area contributed by atoms with Gasteiger partial charge in [-0.1, -0.05) is 60.7 Å². The van der Waals surface area contributed by atoms with Crippen LogP contribution in [-0.2, 0) is 9.53 Å². The highest BCUT2D eigenvalue weighted by molar-refractivity contribution is 6.50. The minimum absolute atomic E-state index is 0.418. The van der Waals surface area contributed by atoms with Gasteiger partial charge in [-0.25, -0.2) is 4.98 Å². The Morgan fingerprint density at radius 3 is 2.09 bits per heavy atom. The van der Waals surface area contributed by atoms with E-state index in [1.807, 2.05) is 48.5 Å². The van der Waals surface area contributed by atoms with Crippen molar-refractivity contribution in [3.8, 4) is 0 Å². The molecule has 0 aliphatic heterocycles. The van der Waals surface area contributed by atoms with E-state index in [0.29, 0.717) is 23.5 Å². The van der Waals surface area contributed by atoms with Crippen molar-refractivity contribution in [2.24, 2.45) is 0 Å². The maximum Gasteiger partial charge on any atom is 0.233 e. The van der Waals surface area contributed by atoms with E-state index in [0.717, 1.165) is 53.3 Å². The van der Waals surface area contributed by atoms with Crippen LogP contribution in [0.4, 0.5) is 5.69 Å². The zero-order valence-corrected chi connectivity index (χ0v) is 18.2. The zero-order valence-electron chi connectivity index (χ0n) is 18.2. The Kier molecular flexibility index (Phi) is 5.85. The molecule has 1 aliphatic rings. The molecule has 4 aromatic rings. The third-order valence-corrected chi connectivity index (χ3v) is 5.89. The van der Waals surface area contributed by atoms with Crippen LogP contribution < -0.4 is 5.32 Å². The van der Waals surface area contributed by atoms with Crippen molar-refractivity contribution < 1.29 is 14.3 Å². The quantitative estimate of drug-likeness (QED) is 0.215. The predicted molar refractivity (Wildman–Crippen MR) is 131 cm³/mol. The number of rotatable bonds is 8. The Balaban J connectivity index is 1.16. The number of nitrogens with zero attached hydrogens (tertiary/aromatic N) is 1. The summed E-state index contributed by atoms with van der Waals surface area (Å²) >= 11 is 0. The number of aromatic nitrogens is 1. The topological polar surface area (TPSA) is 68.3 Å². The molecule has 0 spiro atoms. The summed E-state index contributed by atoms with van der Waals surface area (Å²) in [5.41, 5.74) is 4.21. The molecule has 164 valence electrons. The Morgan fingerprint density at radius 2 is 1.36 bits per heavy atom. The molecule has 0 bridgehead atoms. The third-order valence-electron chi connectivity index (χ3n) is 5.89. The number of hydrogen-bond acceptors (Lipinski definition) is 5. The Bertz CT molecular complexity index is 1340. The van der Waals surface area contributed by atoms with Crippen LogP contribution in [0.15, 0.2) is 78.9 Å². The van der Waals surface area contributed by atoms with Crippen molar-refractivity contribution in [1.29, 1.82) is 0 Å². The summed E-state index contributed by atoms with van der Waals surface area (Å²) < 4.78 is 5.87. The van der Waals surface area contributed by atoms with Crippen molar-refractivity contribution in [3.05, 3.63) is 90.0 Å². The number of ether oxygens (including phenoxy) is 1. The van der Waals surface area contributed by atoms with E-state index in [1.165, 1.54) is 6.08 Å². The molecule has 1 aromatic heterocycles. The maximum atomic E-state index is 12.0. The first-order valence-electron chi connectivity index (χ1n) is 11.3. The van der Waals surface area contributed by atoms with Gasteiger partial charge in [-0.05, 0) is 31.4 Å². The number of pyridine rings is 1. The van der Waals surface area contributed by atoms with Gasteiger partial charge in [-0.2, -0.15) is 0 Å². The van der Waals surface area contributed by atoms with Crippen molar-refractivity contribution in [3.63, 3.8) is 0 Å². The number of carbonyl (C=O) groups is 2. The normalized spacial score (nSPS) is 13.2. The van der Waals surface area contributed by atoms with E-state index in [4.69, 9.17) is 9.72 Å². The van der Waals surface area contributed by atoms with Crippen molar-refractivity contribution in [2.45, 2.75) is 19.3 Å². The predicted octanol–water partition coefficient (Wildman–Crippen LogP) is 5.79. The maximum absolute atomic E-state index is 12.0. The molecule has 0 fully saturated rings. The number of fused-ring (bicyclic) bond motifs is 3. The van der Waals surface area contributed by atoms with Crippen molar-refractivity contribution >= 4 is 44.8 Å². The molecule has 5 rings (SSSR count). The molecule has 0 saturated carbocycles. The summed E-state index contributed by atoms with van der Waals surface area (Å²) in [5, 5.41) is 5.87. The second-order valence-electron chi connectivity index (χ2n) is 8.10. The summed E-state index contributed by atoms with van der Waals surface area (Å²) in [6.07, 6.45) is 4.14. The van der Waals surface area contributed by atoms with Crippen molar-refractivity contribution in [2.75, 3.05) is 18.5 Å². The highest BCUT2D eigenvalue weighted by Crippen LogP contribution is 2.30. The molecular weight excluding hydrogens is 412 g/mol. The first kappa shape index (κ1) is 20.9. The fourth-order valence-corrected chi connectivity index (χ4v) is 4.24. The fraction of sp³-hybridized carbons (Fsp3) is 0.179. The fourth-order valence-electron chi connectivity index (χ4n) is 4.24. The van der Waals surface area contributed by atoms with Crippen LogP contribution in [-0.4, -0.2) is 29.7 Å². The molecule has 1 heterocycles. The molecule has 3 aromatic carbocycles. The van der Waals surface area contributed by atoms with Crippen LogP contribution in [0.2, 0.25) is 0 Å². The van der Waals surface area contributed by atoms with Crippen LogP contribution in [0.3, 0.4) is 0 Å². The Labute approximate surface area is 192 Å². The molecule has 1 aliphatic carbocycles. The van der Waals surface area contributed by atoms with Gasteiger partial charge in [0.05, 0.1) is 23.3 Å². The van der Waals surface area contributed by atoms with Crippen LogP contribution in [0.5, 0.6) is 0 Å². The van der Waals surface area contributed by atoms with Gasteiger partial charge >= 0.3 is 0 Å². The van der Waals surface area contributed by atoms with Gasteiger partial charge in [-0.3, -0.25) is 9.59 Å². The van der Waals surface area contributed by atoms with E-state index < -0.39 is 11.6 Å². The minimum atomic E-state index is -0.523. The number of Topliss-reactive ketones (excluding diaryl/α,β-unsaturated/α-hetero) is 1. The summed E-state index contributed by atoms with van der Waals surface area (Å²) in [5.74, 6) is -0.507. The van der Waals surface area contributed by atoms with Gasteiger partial charge in [0.2, 0.25) is 11.6 Å². The number of allylic oxidation sites excluding steroid dienone is 1. The van der Waals surface area contributed by atoms with Gasteiger partial charge in [0.1, 0.15) is 5.76 Å². The van der Waals surface area contributed by atoms with Gasteiger partial charge in [-0.15, -0.1) is 0 Å². The van der Waals surface area contributed by atoms with E-state index >= 15 is 0 Å². The molecule has 5 nitrogen and oxygen atoms in total. The number of benzene rings is 3. The molecular formula is C28H24N2O3. The van der Waals surface area contributed by atoms with Crippen molar-refractivity contribution in [1.82, 2.24) is 4.98 Å². The highest BCUT2D eigenvalue weighted by Gasteiger charge is 2.26. The zero-order chi connectivity index (χ0) is 22.6. The van der Waals surface area contributed by atoms with Crippen LogP contribution in [0, 0.1) is 0 Å².